The number of nitrogens with one attached hydrogen (secondary N) is 2. The molecule has 1 saturated heterocycles. The second-order valence-corrected chi connectivity index (χ2v) is 12.0. The van der Waals surface area contributed by atoms with E-state index in [2.05, 4.69) is 56.4 Å². The van der Waals surface area contributed by atoms with Crippen LogP contribution in [0.25, 0.3) is 11.2 Å². The normalized spacial score (nSPS) is 14.9. The number of hydrogen-bond acceptors (Lipinski definition) is 9. The summed E-state index contributed by atoms with van der Waals surface area (Å²) in [6.07, 6.45) is 5.53. The maximum Gasteiger partial charge on any atom is 0.328 e. The number of hydrogen-bond donors (Lipinski definition) is 5. The number of nitrogens with two attached hydrogens (primary N) is 3. The predicted molar refractivity (Wildman–Crippen MR) is 177 cm³/mol. The number of aromatic amines is 1. The van der Waals surface area contributed by atoms with Crippen LogP contribution in [0, 0.1) is 5.92 Å². The molecule has 2 aromatic carbocycles. The third kappa shape index (κ3) is 8.61. The number of imidazole rings is 1. The lowest BCUT2D eigenvalue weighted by Gasteiger charge is -2.32. The number of carbonyl (C=O) groups is 1. The number of carbonyl (C=O) groups excluding carboxylic acids is 1. The molecule has 0 radical (unpaired) electrons. The number of benzene rings is 2. The molecule has 1 atom stereocenters. The maximum absolute atomic E-state index is 12.7. The molecule has 4 aromatic rings. The predicted octanol–water partition coefficient (Wildman–Crippen LogP) is 2.80. The van der Waals surface area contributed by atoms with Crippen molar-refractivity contribution in [2.75, 3.05) is 37.7 Å². The molecule has 1 aliphatic heterocycles. The van der Waals surface area contributed by atoms with Crippen LogP contribution in [0.4, 0.5) is 11.5 Å². The standard InChI is InChI=1S/C33H45N9O3/c1-2-3-18-45-32-39-29(36)28-30(40-32)42(33(44)38-28)21-25-6-4-24(5-7-25)20-41-16-13-22(14-17-41)12-15-37-31(43)27(35)19-23-8-10-26(34)11-9-23/h4-11,22,27H,2-3,12-21,34-35H2,1H3,(H,37,43)(H,38,44)(H2,36,39,40). The minimum absolute atomic E-state index is 0.110. The van der Waals surface area contributed by atoms with Crippen molar-refractivity contribution in [2.45, 2.75) is 64.6 Å². The number of aromatic nitrogens is 4. The summed E-state index contributed by atoms with van der Waals surface area (Å²) < 4.78 is 7.21. The van der Waals surface area contributed by atoms with Gasteiger partial charge >= 0.3 is 11.7 Å². The van der Waals surface area contributed by atoms with Crippen LogP contribution in [0.5, 0.6) is 6.01 Å². The lowest BCUT2D eigenvalue weighted by Crippen LogP contribution is -2.43. The Balaban J connectivity index is 1.06. The molecular formula is C33H45N9O3. The van der Waals surface area contributed by atoms with Gasteiger partial charge in [0.05, 0.1) is 19.2 Å². The van der Waals surface area contributed by atoms with Gasteiger partial charge in [0.1, 0.15) is 5.52 Å². The number of fused-ring (bicyclic) bond motifs is 1. The highest BCUT2D eigenvalue weighted by molar-refractivity contribution is 5.82. The number of ether oxygens (including phenoxy) is 1. The minimum atomic E-state index is -0.569. The maximum atomic E-state index is 12.7. The van der Waals surface area contributed by atoms with Crippen LogP contribution in [0.2, 0.25) is 0 Å². The number of nitrogens with zero attached hydrogens (tertiary/aromatic N) is 4. The third-order valence-corrected chi connectivity index (χ3v) is 8.46. The minimum Gasteiger partial charge on any atom is -0.463 e. The van der Waals surface area contributed by atoms with Crippen LogP contribution in [0.15, 0.2) is 53.3 Å². The summed E-state index contributed by atoms with van der Waals surface area (Å²) in [5.41, 5.74) is 22.4. The van der Waals surface area contributed by atoms with Gasteiger partial charge in [-0.1, -0.05) is 49.7 Å². The van der Waals surface area contributed by atoms with Crippen LogP contribution < -0.4 is 32.9 Å². The van der Waals surface area contributed by atoms with Crippen LogP contribution >= 0.6 is 0 Å². The van der Waals surface area contributed by atoms with Crippen LogP contribution in [-0.2, 0) is 24.3 Å². The van der Waals surface area contributed by atoms with Gasteiger partial charge in [-0.3, -0.25) is 14.3 Å². The van der Waals surface area contributed by atoms with Crippen molar-refractivity contribution < 1.29 is 9.53 Å². The Bertz CT molecular complexity index is 1610. The summed E-state index contributed by atoms with van der Waals surface area (Å²) >= 11 is 0. The van der Waals surface area contributed by atoms with Gasteiger partial charge in [-0.2, -0.15) is 9.97 Å². The van der Waals surface area contributed by atoms with E-state index < -0.39 is 6.04 Å². The summed E-state index contributed by atoms with van der Waals surface area (Å²) in [6, 6.07) is 15.4. The molecular weight excluding hydrogens is 570 g/mol. The van der Waals surface area contributed by atoms with Crippen molar-refractivity contribution in [3.8, 4) is 6.01 Å². The average Bonchev–Trinajstić information content (AvgIpc) is 3.35. The highest BCUT2D eigenvalue weighted by Gasteiger charge is 2.21. The Hall–Kier alpha value is -4.42. The molecule has 1 amide bonds. The molecule has 0 saturated carbocycles. The zero-order valence-corrected chi connectivity index (χ0v) is 26.0. The summed E-state index contributed by atoms with van der Waals surface area (Å²) in [6.45, 7) is 6.49. The SMILES string of the molecule is CCCCOc1nc(N)c2[nH]c(=O)n(Cc3ccc(CN4CCC(CCNC(=O)C(N)Cc5ccc(N)cc5)CC4)cc3)c2n1. The molecule has 1 aliphatic rings. The van der Waals surface area contributed by atoms with Gasteiger partial charge in [-0.05, 0) is 79.9 Å². The van der Waals surface area contributed by atoms with E-state index in [4.69, 9.17) is 21.9 Å². The first-order valence-electron chi connectivity index (χ1n) is 15.9. The average molecular weight is 616 g/mol. The molecule has 240 valence electrons. The Morgan fingerprint density at radius 2 is 1.69 bits per heavy atom. The monoisotopic (exact) mass is 615 g/mol. The van der Waals surface area contributed by atoms with Crippen molar-refractivity contribution in [1.82, 2.24) is 29.7 Å². The van der Waals surface area contributed by atoms with E-state index in [0.717, 1.165) is 62.9 Å². The Kier molecular flexibility index (Phi) is 10.7. The number of rotatable bonds is 14. The highest BCUT2D eigenvalue weighted by atomic mass is 16.5. The molecule has 12 heteroatoms. The fourth-order valence-electron chi connectivity index (χ4n) is 5.70. The summed E-state index contributed by atoms with van der Waals surface area (Å²) in [5.74, 6) is 0.670. The second-order valence-electron chi connectivity index (χ2n) is 12.0. The smallest absolute Gasteiger partial charge is 0.328 e. The molecule has 8 N–H and O–H groups in total. The van der Waals surface area contributed by atoms with Crippen molar-refractivity contribution in [2.24, 2.45) is 11.7 Å². The van der Waals surface area contributed by atoms with E-state index in [0.29, 0.717) is 48.9 Å². The number of amides is 1. The molecule has 0 bridgehead atoms. The molecule has 5 rings (SSSR count). The van der Waals surface area contributed by atoms with Crippen molar-refractivity contribution in [3.63, 3.8) is 0 Å². The van der Waals surface area contributed by atoms with E-state index in [1.165, 1.54) is 5.56 Å². The Labute approximate surface area is 263 Å². The fraction of sp³-hybridized carbons (Fsp3) is 0.455. The van der Waals surface area contributed by atoms with E-state index >= 15 is 0 Å². The van der Waals surface area contributed by atoms with Gasteiger partial charge in [0.25, 0.3) is 0 Å². The van der Waals surface area contributed by atoms with Gasteiger partial charge in [0.15, 0.2) is 11.5 Å². The molecule has 0 spiro atoms. The first-order chi connectivity index (χ1) is 21.8. The second kappa shape index (κ2) is 15.0. The van der Waals surface area contributed by atoms with Gasteiger partial charge < -0.3 is 32.2 Å². The molecule has 1 unspecified atom stereocenters. The van der Waals surface area contributed by atoms with E-state index in [1.54, 1.807) is 4.57 Å². The van der Waals surface area contributed by atoms with Crippen molar-refractivity contribution >= 4 is 28.6 Å². The van der Waals surface area contributed by atoms with Crippen LogP contribution in [-0.4, -0.2) is 62.6 Å². The summed E-state index contributed by atoms with van der Waals surface area (Å²) in [7, 11) is 0. The van der Waals surface area contributed by atoms with Crippen LogP contribution in [0.1, 0.15) is 55.7 Å². The lowest BCUT2D eigenvalue weighted by atomic mass is 9.93. The molecule has 3 heterocycles. The Morgan fingerprint density at radius 3 is 2.38 bits per heavy atom. The van der Waals surface area contributed by atoms with E-state index in [-0.39, 0.29) is 23.4 Å². The van der Waals surface area contributed by atoms with E-state index in [1.807, 2.05) is 24.3 Å². The lowest BCUT2D eigenvalue weighted by molar-refractivity contribution is -0.122. The van der Waals surface area contributed by atoms with Gasteiger partial charge in [-0.15, -0.1) is 0 Å². The van der Waals surface area contributed by atoms with Gasteiger partial charge in [0, 0.05) is 18.8 Å². The molecule has 2 aromatic heterocycles. The number of nitrogen functional groups attached to an aromatic ring is 2. The van der Waals surface area contributed by atoms with Crippen LogP contribution in [0.3, 0.4) is 0 Å². The number of piperidine rings is 1. The fourth-order valence-corrected chi connectivity index (χ4v) is 5.70. The summed E-state index contributed by atoms with van der Waals surface area (Å²) in [5, 5.41) is 3.02. The van der Waals surface area contributed by atoms with Gasteiger partial charge in [0.2, 0.25) is 5.91 Å². The summed E-state index contributed by atoms with van der Waals surface area (Å²) in [4.78, 5) is 39.1. The highest BCUT2D eigenvalue weighted by Crippen LogP contribution is 2.22. The largest absolute Gasteiger partial charge is 0.463 e. The molecule has 1 fully saturated rings. The first kappa shape index (κ1) is 32.0. The van der Waals surface area contributed by atoms with Gasteiger partial charge in [-0.25, -0.2) is 4.79 Å². The van der Waals surface area contributed by atoms with E-state index in [9.17, 15) is 9.59 Å². The topological polar surface area (TPSA) is 183 Å². The molecule has 45 heavy (non-hydrogen) atoms. The molecule has 12 nitrogen and oxygen atoms in total. The number of likely N-dealkylation sites (tertiary alicyclic amines) is 1. The first-order valence-corrected chi connectivity index (χ1v) is 15.9. The quantitative estimate of drug-likeness (QED) is 0.105. The third-order valence-electron chi connectivity index (χ3n) is 8.46. The molecule has 0 aliphatic carbocycles. The zero-order chi connectivity index (χ0) is 31.8. The Morgan fingerprint density at radius 1 is 1.02 bits per heavy atom. The zero-order valence-electron chi connectivity index (χ0n) is 26.0. The van der Waals surface area contributed by atoms with Crippen molar-refractivity contribution in [3.05, 3.63) is 75.7 Å². The van der Waals surface area contributed by atoms with Crippen molar-refractivity contribution in [1.29, 1.82) is 0 Å². The number of unbranched alkanes of at least 4 members (excludes halogenated alkanes) is 1. The number of H-pyrrole nitrogens is 1. The number of anilines is 2.